The van der Waals surface area contributed by atoms with Crippen LogP contribution in [0.15, 0.2) is 218 Å². The summed E-state index contributed by atoms with van der Waals surface area (Å²) in [5, 5.41) is 10.6. The Kier molecular flexibility index (Phi) is 28.1. The van der Waals surface area contributed by atoms with Crippen LogP contribution in [0.2, 0.25) is 0 Å². The van der Waals surface area contributed by atoms with E-state index >= 15 is 0 Å². The van der Waals surface area contributed by atoms with Crippen molar-refractivity contribution in [2.24, 2.45) is 5.73 Å². The predicted molar refractivity (Wildman–Crippen MR) is 356 cm³/mol. The predicted octanol–water partition coefficient (Wildman–Crippen LogP) is 13.6. The van der Waals surface area contributed by atoms with Crippen LogP contribution in [0.1, 0.15) is 114 Å². The van der Waals surface area contributed by atoms with Crippen LogP contribution in [-0.4, -0.2) is 75.9 Å². The number of halogens is 6. The Bertz CT molecular complexity index is 4140. The van der Waals surface area contributed by atoms with Crippen molar-refractivity contribution in [1.29, 1.82) is 0 Å². The molecule has 0 radical (unpaired) electrons. The molecule has 10 aromatic rings. The van der Waals surface area contributed by atoms with Crippen molar-refractivity contribution in [2.75, 3.05) is 36.8 Å². The summed E-state index contributed by atoms with van der Waals surface area (Å²) < 4.78 is 77.6. The molecular formula is C74H73F6KN8O5. The summed E-state index contributed by atoms with van der Waals surface area (Å²) in [5.74, 6) is -0.192. The molecule has 10 rings (SSSR count). The van der Waals surface area contributed by atoms with E-state index in [0.29, 0.717) is 94.3 Å². The first-order valence-electron chi connectivity index (χ1n) is 30.3. The second-order valence-electron chi connectivity index (χ2n) is 20.8. The van der Waals surface area contributed by atoms with E-state index in [1.165, 1.54) is 24.3 Å². The van der Waals surface area contributed by atoms with Gasteiger partial charge in [0, 0.05) is 60.2 Å². The van der Waals surface area contributed by atoms with Gasteiger partial charge in [-0.15, -0.1) is 0 Å². The molecule has 482 valence electrons. The van der Waals surface area contributed by atoms with E-state index in [0.717, 1.165) is 58.0 Å². The molecule has 0 fully saturated rings. The van der Waals surface area contributed by atoms with Crippen LogP contribution in [0.3, 0.4) is 0 Å². The zero-order valence-corrected chi connectivity index (χ0v) is 56.4. The molecule has 20 heteroatoms. The maximum absolute atomic E-state index is 13.3. The first kappa shape index (κ1) is 74.3. The number of amides is 4. The number of benzene rings is 8. The smallest absolute Gasteiger partial charge is 1.00 e. The van der Waals surface area contributed by atoms with Gasteiger partial charge in [0.25, 0.3) is 11.8 Å². The minimum atomic E-state index is -4.44. The number of nitrogens with zero attached hydrogens (tertiary/aromatic N) is 4. The number of aromatic nitrogens is 2. The fraction of sp³-hybridized carbons (Fsp3) is 0.203. The van der Waals surface area contributed by atoms with Crippen molar-refractivity contribution in [2.45, 2.75) is 72.5 Å². The van der Waals surface area contributed by atoms with Crippen molar-refractivity contribution >= 4 is 63.4 Å². The zero-order chi connectivity index (χ0) is 67.2. The summed E-state index contributed by atoms with van der Waals surface area (Å²) in [7, 11) is 0. The van der Waals surface area contributed by atoms with E-state index in [4.69, 9.17) is 5.73 Å². The Balaban J connectivity index is 0.000000282. The first-order chi connectivity index (χ1) is 44.7. The number of likely N-dealkylation sites (N-methyl/N-ethyl adjacent to an activating group) is 2. The van der Waals surface area contributed by atoms with Crippen molar-refractivity contribution < 1.29 is 103 Å². The summed E-state index contributed by atoms with van der Waals surface area (Å²) in [6.45, 7) is 15.0. The summed E-state index contributed by atoms with van der Waals surface area (Å²) in [6.07, 6.45) is -8.12. The van der Waals surface area contributed by atoms with Crippen molar-refractivity contribution in [3.8, 4) is 22.3 Å². The molecule has 0 aliphatic heterocycles. The van der Waals surface area contributed by atoms with E-state index in [-0.39, 0.29) is 64.6 Å². The van der Waals surface area contributed by atoms with E-state index < -0.39 is 47.4 Å². The van der Waals surface area contributed by atoms with Crippen LogP contribution in [0, 0.1) is 0 Å². The maximum Gasteiger partial charge on any atom is 1.00 e. The molecule has 0 saturated heterocycles. The van der Waals surface area contributed by atoms with Crippen molar-refractivity contribution in [3.05, 3.63) is 263 Å². The fourth-order valence-corrected chi connectivity index (χ4v) is 10.0. The number of nitrogens with one attached hydrogen (secondary N) is 3. The molecular weight excluding hydrogens is 1230 g/mol. The van der Waals surface area contributed by atoms with E-state index in [2.05, 4.69) is 25.9 Å². The van der Waals surface area contributed by atoms with Crippen LogP contribution < -0.4 is 73.1 Å². The number of hydrogen-bond acceptors (Lipinski definition) is 9. The van der Waals surface area contributed by atoms with Crippen LogP contribution in [-0.2, 0) is 28.5 Å². The molecule has 2 atom stereocenters. The molecule has 4 amide bonds. The number of anilines is 2. The van der Waals surface area contributed by atoms with Gasteiger partial charge in [-0.2, -0.15) is 26.3 Å². The summed E-state index contributed by atoms with van der Waals surface area (Å²) in [4.78, 5) is 74.8. The molecule has 94 heavy (non-hydrogen) atoms. The molecule has 0 aliphatic rings. The summed E-state index contributed by atoms with van der Waals surface area (Å²) >= 11 is 0. The van der Waals surface area contributed by atoms with Crippen LogP contribution >= 0.6 is 0 Å². The van der Waals surface area contributed by atoms with Gasteiger partial charge in [-0.25, -0.2) is 9.97 Å². The van der Waals surface area contributed by atoms with Crippen LogP contribution in [0.25, 0.3) is 44.1 Å². The molecule has 2 aromatic heterocycles. The Morgan fingerprint density at radius 1 is 0.500 bits per heavy atom. The van der Waals surface area contributed by atoms with E-state index in [1.807, 2.05) is 131 Å². The number of fused-ring (bicyclic) bond motifs is 2. The van der Waals surface area contributed by atoms with Crippen LogP contribution in [0.4, 0.5) is 38.0 Å². The molecule has 5 N–H and O–H groups in total. The van der Waals surface area contributed by atoms with Gasteiger partial charge in [-0.05, 0) is 158 Å². The third kappa shape index (κ3) is 19.9. The van der Waals surface area contributed by atoms with Gasteiger partial charge in [-0.3, -0.25) is 29.3 Å². The van der Waals surface area contributed by atoms with Crippen molar-refractivity contribution in [3.63, 3.8) is 0 Å². The van der Waals surface area contributed by atoms with Gasteiger partial charge < -0.3 is 27.6 Å². The Hall–Kier alpha value is -8.73. The van der Waals surface area contributed by atoms with Gasteiger partial charge in [0.15, 0.2) is 0 Å². The number of carbonyl (C=O) groups is 5. The number of rotatable bonds is 18. The normalized spacial score (nSPS) is 11.5. The van der Waals surface area contributed by atoms with E-state index in [1.54, 1.807) is 89.8 Å². The number of nitrogens with two attached hydrogens (primary N) is 1. The Morgan fingerprint density at radius 2 is 0.904 bits per heavy atom. The van der Waals surface area contributed by atoms with Gasteiger partial charge in [0.1, 0.15) is 30.0 Å². The summed E-state index contributed by atoms with van der Waals surface area (Å²) in [6, 6.07) is 58.6. The number of hydrogen-bond donors (Lipinski definition) is 4. The average Bonchev–Trinajstić information content (AvgIpc) is 0.862. The van der Waals surface area contributed by atoms with Gasteiger partial charge in [-0.1, -0.05) is 141 Å². The Morgan fingerprint density at radius 3 is 1.34 bits per heavy atom. The van der Waals surface area contributed by atoms with Gasteiger partial charge in [0.05, 0.1) is 22.2 Å². The Labute approximate surface area is 587 Å². The monoisotopic (exact) mass is 1310 g/mol. The quantitative estimate of drug-likeness (QED) is 0.0369. The number of alkyl halides is 6. The average molecular weight is 1310 g/mol. The fourth-order valence-electron chi connectivity index (χ4n) is 10.0. The number of pyridine rings is 2. The number of aldehydes is 1. The topological polar surface area (TPSA) is 180 Å². The molecule has 8 aromatic carbocycles. The molecule has 0 aliphatic carbocycles. The molecule has 0 unspecified atom stereocenters. The third-order valence-electron chi connectivity index (χ3n) is 14.9. The van der Waals surface area contributed by atoms with Gasteiger partial charge >= 0.3 is 63.7 Å². The molecule has 2 heterocycles. The minimum absolute atomic E-state index is 0. The number of carbonyl (C=O) groups excluding carboxylic acids is 5. The molecule has 0 saturated carbocycles. The molecule has 0 bridgehead atoms. The second-order valence-corrected chi connectivity index (χ2v) is 20.8. The van der Waals surface area contributed by atoms with Gasteiger partial charge in [0.2, 0.25) is 11.8 Å². The first-order valence-corrected chi connectivity index (χ1v) is 30.3. The minimum Gasteiger partial charge on any atom is -1.00 e. The van der Waals surface area contributed by atoms with Crippen molar-refractivity contribution in [1.82, 2.24) is 25.1 Å². The molecule has 0 spiro atoms. The van der Waals surface area contributed by atoms with E-state index in [9.17, 15) is 50.3 Å². The molecule has 13 nitrogen and oxygen atoms in total. The second kappa shape index (κ2) is 35.5. The SMILES string of the molecule is CC.CCN(CC)C(=O)[C@@H](N)c1ccccc1.CCN(CC)C(=O)[C@@H](NCc1ccc2nc(NC(=O)c3ccccc3-c3ccc(C(F)(F)F)cc3)ccc2c1)c1ccccc1.O=Cc1ccc2nc(NC(=O)c3ccccc3-c3ccc(C(F)(F)F)cc3)ccc2c1.[H-].[K+]. The standard InChI is InChI=1S/C36H33F3N4O2.C24H15F3N2O2.C12H18N2O.C2H6.K.H/c1-3-43(4-2)35(45)33(26-10-6-5-7-11-26)40-23-24-14-20-31-27(22-24)17-21-32(41-31)42-34(44)30-13-9-8-12-29(30)25-15-18-28(19-16-25)36(37,38)39;25-24(26,27)18-9-6-16(7-10-18)19-3-1-2-4-20(19)23(31)29-22-12-8-17-13-15(14-30)5-11-21(17)28-22;1-3-14(4-2)12(15)11(13)10-8-6-5-7-9-10;1-2;;/h5-22,33,40H,3-4,23H2,1-2H3,(H,41,42,44);1-14H,(H,28,29,31);5-9,11H,3-4,13H2,1-2H3;1-2H3;;/q;;;;+1;-1/t33-;;11-;;;/m0.0.../s1. The maximum atomic E-state index is 13.3. The van der Waals surface area contributed by atoms with Crippen LogP contribution in [0.5, 0.6) is 0 Å². The largest absolute Gasteiger partial charge is 1.00 e. The zero-order valence-electron chi connectivity index (χ0n) is 54.2. The summed E-state index contributed by atoms with van der Waals surface area (Å²) in [5.41, 5.74) is 11.6. The third-order valence-corrected chi connectivity index (χ3v) is 14.9.